The predicted molar refractivity (Wildman–Crippen MR) is 111 cm³/mol. The van der Waals surface area contributed by atoms with Crippen molar-refractivity contribution >= 4 is 16.9 Å². The van der Waals surface area contributed by atoms with E-state index < -0.39 is 0 Å². The third-order valence-electron chi connectivity index (χ3n) is 4.90. The average Bonchev–Trinajstić information content (AvgIpc) is 3.41. The summed E-state index contributed by atoms with van der Waals surface area (Å²) >= 11 is 0. The molecule has 6 heteroatoms. The van der Waals surface area contributed by atoms with Crippen LogP contribution in [0.5, 0.6) is 5.75 Å². The quantitative estimate of drug-likeness (QED) is 0.476. The summed E-state index contributed by atoms with van der Waals surface area (Å²) in [6.07, 6.45) is 2.59. The lowest BCUT2D eigenvalue weighted by molar-refractivity contribution is -0.121. The van der Waals surface area contributed by atoms with E-state index >= 15 is 0 Å². The van der Waals surface area contributed by atoms with Crippen LogP contribution in [0, 0.1) is 0 Å². The van der Waals surface area contributed by atoms with Crippen molar-refractivity contribution in [3.63, 3.8) is 0 Å². The lowest BCUT2D eigenvalue weighted by Crippen LogP contribution is -2.27. The summed E-state index contributed by atoms with van der Waals surface area (Å²) in [6, 6.07) is 19.4. The number of hydrogen-bond donors (Lipinski definition) is 2. The molecule has 0 aliphatic heterocycles. The number of methoxy groups -OCH3 is 1. The summed E-state index contributed by atoms with van der Waals surface area (Å²) < 4.78 is 10.8. The highest BCUT2D eigenvalue weighted by Gasteiger charge is 2.20. The summed E-state index contributed by atoms with van der Waals surface area (Å²) in [6.45, 7) is 0.509. The largest absolute Gasteiger partial charge is 0.497 e. The van der Waals surface area contributed by atoms with Crippen LogP contribution in [0.2, 0.25) is 0 Å². The van der Waals surface area contributed by atoms with Crippen molar-refractivity contribution in [2.24, 2.45) is 0 Å². The molecule has 4 rings (SSSR count). The van der Waals surface area contributed by atoms with Crippen LogP contribution in [0.25, 0.3) is 11.0 Å². The molecule has 1 amide bonds. The standard InChI is InChI=1S/C23H23N3O3/c1-28-17-9-10-19-20(14-17)26-22(25-19)11-12-24-23(27)15-18(21-8-5-13-29-21)16-6-3-2-4-7-16/h2-10,13-14,18H,11-12,15H2,1H3,(H,24,27)(H,25,26). The first-order chi connectivity index (χ1) is 14.2. The van der Waals surface area contributed by atoms with Crippen LogP contribution in [0.3, 0.4) is 0 Å². The normalized spacial score (nSPS) is 12.0. The van der Waals surface area contributed by atoms with Gasteiger partial charge in [-0.25, -0.2) is 4.98 Å². The molecular formula is C23H23N3O3. The first kappa shape index (κ1) is 18.8. The van der Waals surface area contributed by atoms with Gasteiger partial charge in [-0.3, -0.25) is 4.79 Å². The minimum absolute atomic E-state index is 0.0203. The number of ether oxygens (including phenoxy) is 1. The highest BCUT2D eigenvalue weighted by atomic mass is 16.5. The second kappa shape index (κ2) is 8.65. The van der Waals surface area contributed by atoms with Crippen molar-refractivity contribution in [3.8, 4) is 5.75 Å². The molecule has 2 aromatic carbocycles. The number of aromatic amines is 1. The smallest absolute Gasteiger partial charge is 0.221 e. The summed E-state index contributed by atoms with van der Waals surface area (Å²) in [5, 5.41) is 2.99. The molecule has 0 spiro atoms. The molecule has 148 valence electrons. The Morgan fingerprint density at radius 2 is 2.03 bits per heavy atom. The third kappa shape index (κ3) is 4.48. The van der Waals surface area contributed by atoms with Crippen LogP contribution in [-0.2, 0) is 11.2 Å². The number of benzene rings is 2. The predicted octanol–water partition coefficient (Wildman–Crippen LogP) is 4.05. The first-order valence-corrected chi connectivity index (χ1v) is 9.60. The molecule has 0 fully saturated rings. The Kier molecular flexibility index (Phi) is 5.61. The van der Waals surface area contributed by atoms with Gasteiger partial charge in [-0.05, 0) is 29.8 Å². The Morgan fingerprint density at radius 1 is 1.17 bits per heavy atom. The molecular weight excluding hydrogens is 366 g/mol. The number of nitrogens with one attached hydrogen (secondary N) is 2. The molecule has 2 aromatic heterocycles. The molecule has 6 nitrogen and oxygen atoms in total. The number of hydrogen-bond acceptors (Lipinski definition) is 4. The fourth-order valence-electron chi connectivity index (χ4n) is 3.42. The van der Waals surface area contributed by atoms with Gasteiger partial charge >= 0.3 is 0 Å². The first-order valence-electron chi connectivity index (χ1n) is 9.60. The van der Waals surface area contributed by atoms with Crippen molar-refractivity contribution in [3.05, 3.63) is 84.1 Å². The fourth-order valence-corrected chi connectivity index (χ4v) is 3.42. The van der Waals surface area contributed by atoms with E-state index in [-0.39, 0.29) is 11.8 Å². The topological polar surface area (TPSA) is 80.2 Å². The van der Waals surface area contributed by atoms with Gasteiger partial charge in [0.15, 0.2) is 0 Å². The van der Waals surface area contributed by atoms with Gasteiger partial charge in [-0.1, -0.05) is 30.3 Å². The van der Waals surface area contributed by atoms with Crippen LogP contribution in [0.15, 0.2) is 71.3 Å². The summed E-state index contributed by atoms with van der Waals surface area (Å²) in [7, 11) is 1.64. The number of fused-ring (bicyclic) bond motifs is 1. The van der Waals surface area contributed by atoms with E-state index in [2.05, 4.69) is 15.3 Å². The zero-order valence-corrected chi connectivity index (χ0v) is 16.2. The maximum Gasteiger partial charge on any atom is 0.221 e. The molecule has 0 aliphatic rings. The highest BCUT2D eigenvalue weighted by molar-refractivity contribution is 5.78. The minimum atomic E-state index is -0.107. The van der Waals surface area contributed by atoms with E-state index in [4.69, 9.17) is 9.15 Å². The van der Waals surface area contributed by atoms with Crippen LogP contribution in [0.4, 0.5) is 0 Å². The fraction of sp³-hybridized carbons (Fsp3) is 0.217. The molecule has 1 unspecified atom stereocenters. The van der Waals surface area contributed by atoms with Gasteiger partial charge in [-0.15, -0.1) is 0 Å². The van der Waals surface area contributed by atoms with E-state index in [9.17, 15) is 4.79 Å². The second-order valence-corrected chi connectivity index (χ2v) is 6.85. The molecule has 0 saturated heterocycles. The van der Waals surface area contributed by atoms with Crippen LogP contribution < -0.4 is 10.1 Å². The molecule has 29 heavy (non-hydrogen) atoms. The Hall–Kier alpha value is -3.54. The Bertz CT molecular complexity index is 1070. The van der Waals surface area contributed by atoms with Crippen molar-refractivity contribution in [2.75, 3.05) is 13.7 Å². The molecule has 1 atom stereocenters. The molecule has 4 aromatic rings. The van der Waals surface area contributed by atoms with Gasteiger partial charge in [0.1, 0.15) is 17.3 Å². The lowest BCUT2D eigenvalue weighted by atomic mass is 9.93. The third-order valence-corrected chi connectivity index (χ3v) is 4.90. The van der Waals surface area contributed by atoms with Crippen LogP contribution >= 0.6 is 0 Å². The van der Waals surface area contributed by atoms with Crippen LogP contribution in [0.1, 0.15) is 29.5 Å². The zero-order valence-electron chi connectivity index (χ0n) is 16.2. The number of aromatic nitrogens is 2. The van der Waals surface area contributed by atoms with Gasteiger partial charge in [0.25, 0.3) is 0 Å². The maximum absolute atomic E-state index is 12.6. The summed E-state index contributed by atoms with van der Waals surface area (Å²) in [4.78, 5) is 20.4. The SMILES string of the molecule is COc1ccc2nc(CCNC(=O)CC(c3ccccc3)c3ccco3)[nH]c2c1. The number of H-pyrrole nitrogens is 1. The zero-order chi connectivity index (χ0) is 20.1. The lowest BCUT2D eigenvalue weighted by Gasteiger charge is -2.15. The Morgan fingerprint density at radius 3 is 2.79 bits per heavy atom. The Labute approximate surface area is 168 Å². The van der Waals surface area contributed by atoms with Gasteiger partial charge in [0.05, 0.1) is 30.3 Å². The molecule has 0 saturated carbocycles. The van der Waals surface area contributed by atoms with E-state index in [0.29, 0.717) is 19.4 Å². The monoisotopic (exact) mass is 389 g/mol. The number of nitrogens with zero attached hydrogens (tertiary/aromatic N) is 1. The van der Waals surface area contributed by atoms with Crippen molar-refractivity contribution in [2.45, 2.75) is 18.8 Å². The van der Waals surface area contributed by atoms with E-state index in [1.165, 1.54) is 0 Å². The van der Waals surface area contributed by atoms with Crippen LogP contribution in [-0.4, -0.2) is 29.5 Å². The molecule has 0 aliphatic carbocycles. The van der Waals surface area contributed by atoms with E-state index in [1.807, 2.05) is 60.7 Å². The highest BCUT2D eigenvalue weighted by Crippen LogP contribution is 2.28. The molecule has 0 bridgehead atoms. The molecule has 0 radical (unpaired) electrons. The van der Waals surface area contributed by atoms with Gasteiger partial charge in [-0.2, -0.15) is 0 Å². The average molecular weight is 389 g/mol. The number of imidazole rings is 1. The van der Waals surface area contributed by atoms with E-state index in [0.717, 1.165) is 33.9 Å². The number of carbonyl (C=O) groups excluding carboxylic acids is 1. The van der Waals surface area contributed by atoms with Crippen molar-refractivity contribution in [1.29, 1.82) is 0 Å². The second-order valence-electron chi connectivity index (χ2n) is 6.85. The van der Waals surface area contributed by atoms with Gasteiger partial charge < -0.3 is 19.5 Å². The summed E-state index contributed by atoms with van der Waals surface area (Å²) in [5.41, 5.74) is 2.87. The van der Waals surface area contributed by atoms with Crippen molar-refractivity contribution < 1.29 is 13.9 Å². The minimum Gasteiger partial charge on any atom is -0.497 e. The Balaban J connectivity index is 1.36. The van der Waals surface area contributed by atoms with Gasteiger partial charge in [0, 0.05) is 25.5 Å². The number of rotatable bonds is 8. The molecule has 2 N–H and O–H groups in total. The maximum atomic E-state index is 12.6. The molecule has 2 heterocycles. The van der Waals surface area contributed by atoms with Crippen molar-refractivity contribution in [1.82, 2.24) is 15.3 Å². The summed E-state index contributed by atoms with van der Waals surface area (Å²) in [5.74, 6) is 2.28. The number of amides is 1. The van der Waals surface area contributed by atoms with E-state index in [1.54, 1.807) is 13.4 Å². The number of furan rings is 1. The van der Waals surface area contributed by atoms with Gasteiger partial charge in [0.2, 0.25) is 5.91 Å². The number of carbonyl (C=O) groups is 1.